The van der Waals surface area contributed by atoms with Crippen LogP contribution in [0.3, 0.4) is 0 Å². The standard InChI is InChI=1S/C23H26N4O3S/c28-23(26-12-4-5-13-26)18-10-14-27(15-11-18)31(29,30)19-8-9-20-21(16-19)25-22(24-20)17-6-2-1-3-7-17/h1-3,6-9,16,18H,4-5,10-15H2,(H,24,25). The number of likely N-dealkylation sites (tertiary alicyclic amines) is 1. The van der Waals surface area contributed by atoms with Crippen molar-refractivity contribution in [3.63, 3.8) is 0 Å². The maximum Gasteiger partial charge on any atom is 0.243 e. The van der Waals surface area contributed by atoms with Crippen molar-refractivity contribution in [3.8, 4) is 11.4 Å². The third-order valence-corrected chi connectivity index (χ3v) is 8.25. The van der Waals surface area contributed by atoms with Gasteiger partial charge in [-0.15, -0.1) is 0 Å². The number of hydrogen-bond donors (Lipinski definition) is 1. The number of carbonyl (C=O) groups is 1. The molecule has 7 nitrogen and oxygen atoms in total. The Morgan fingerprint density at radius 2 is 1.68 bits per heavy atom. The minimum absolute atomic E-state index is 0.0620. The molecule has 2 saturated heterocycles. The fourth-order valence-corrected chi connectivity index (χ4v) is 6.07. The van der Waals surface area contributed by atoms with E-state index in [1.165, 1.54) is 4.31 Å². The van der Waals surface area contributed by atoms with E-state index in [4.69, 9.17) is 0 Å². The van der Waals surface area contributed by atoms with E-state index in [1.54, 1.807) is 18.2 Å². The molecule has 0 aliphatic carbocycles. The Balaban J connectivity index is 1.33. The summed E-state index contributed by atoms with van der Waals surface area (Å²) < 4.78 is 28.0. The number of aromatic nitrogens is 2. The van der Waals surface area contributed by atoms with Gasteiger partial charge in [-0.05, 0) is 43.9 Å². The molecule has 1 aromatic heterocycles. The zero-order valence-electron chi connectivity index (χ0n) is 17.3. The molecular formula is C23H26N4O3S. The van der Waals surface area contributed by atoms with Gasteiger partial charge in [-0.2, -0.15) is 4.31 Å². The molecule has 0 atom stereocenters. The van der Waals surface area contributed by atoms with E-state index in [2.05, 4.69) is 9.97 Å². The van der Waals surface area contributed by atoms with Crippen LogP contribution in [0.15, 0.2) is 53.4 Å². The first kappa shape index (κ1) is 20.2. The van der Waals surface area contributed by atoms with Crippen molar-refractivity contribution in [2.45, 2.75) is 30.6 Å². The highest BCUT2D eigenvalue weighted by Crippen LogP contribution is 2.28. The van der Waals surface area contributed by atoms with Crippen molar-refractivity contribution in [2.75, 3.05) is 26.2 Å². The van der Waals surface area contributed by atoms with Crippen LogP contribution >= 0.6 is 0 Å². The fourth-order valence-electron chi connectivity index (χ4n) is 4.57. The molecular weight excluding hydrogens is 412 g/mol. The summed E-state index contributed by atoms with van der Waals surface area (Å²) in [5.74, 6) is 0.848. The Morgan fingerprint density at radius 3 is 2.39 bits per heavy atom. The average molecular weight is 439 g/mol. The number of rotatable bonds is 4. The van der Waals surface area contributed by atoms with Gasteiger partial charge in [-0.3, -0.25) is 4.79 Å². The Hall–Kier alpha value is -2.71. The molecule has 0 saturated carbocycles. The summed E-state index contributed by atoms with van der Waals surface area (Å²) in [6.45, 7) is 2.44. The average Bonchev–Trinajstić information content (AvgIpc) is 3.49. The summed E-state index contributed by atoms with van der Waals surface area (Å²) in [4.78, 5) is 22.6. The largest absolute Gasteiger partial charge is 0.342 e. The van der Waals surface area contributed by atoms with E-state index in [0.717, 1.165) is 37.0 Å². The van der Waals surface area contributed by atoms with Crippen molar-refractivity contribution < 1.29 is 13.2 Å². The van der Waals surface area contributed by atoms with Crippen molar-refractivity contribution in [1.29, 1.82) is 0 Å². The van der Waals surface area contributed by atoms with Crippen LogP contribution in [-0.4, -0.2) is 59.7 Å². The van der Waals surface area contributed by atoms with Gasteiger partial charge in [0.1, 0.15) is 5.82 Å². The molecule has 1 amide bonds. The van der Waals surface area contributed by atoms with Crippen LogP contribution < -0.4 is 0 Å². The molecule has 162 valence electrons. The lowest BCUT2D eigenvalue weighted by atomic mass is 9.97. The number of nitrogens with zero attached hydrogens (tertiary/aromatic N) is 3. The number of sulfonamides is 1. The summed E-state index contributed by atoms with van der Waals surface area (Å²) in [5, 5.41) is 0. The van der Waals surface area contributed by atoms with Gasteiger partial charge in [-0.1, -0.05) is 30.3 Å². The molecule has 31 heavy (non-hydrogen) atoms. The predicted octanol–water partition coefficient (Wildman–Crippen LogP) is 3.25. The second-order valence-corrected chi connectivity index (χ2v) is 10.3. The first-order valence-corrected chi connectivity index (χ1v) is 12.3. The Labute approximate surface area is 182 Å². The van der Waals surface area contributed by atoms with E-state index in [-0.39, 0.29) is 16.7 Å². The first-order chi connectivity index (χ1) is 15.0. The Morgan fingerprint density at radius 1 is 0.968 bits per heavy atom. The van der Waals surface area contributed by atoms with E-state index < -0.39 is 10.0 Å². The van der Waals surface area contributed by atoms with E-state index in [0.29, 0.717) is 37.3 Å². The SMILES string of the molecule is O=C(C1CCN(S(=O)(=O)c2ccc3nc(-c4ccccc4)[nH]c3c2)CC1)N1CCCC1. The molecule has 3 aromatic rings. The number of piperidine rings is 1. The molecule has 0 radical (unpaired) electrons. The van der Waals surface area contributed by atoms with Gasteiger partial charge in [0, 0.05) is 37.7 Å². The van der Waals surface area contributed by atoms with Gasteiger partial charge < -0.3 is 9.88 Å². The summed E-state index contributed by atoms with van der Waals surface area (Å²) in [6.07, 6.45) is 3.31. The van der Waals surface area contributed by atoms with Crippen LogP contribution in [0.1, 0.15) is 25.7 Å². The van der Waals surface area contributed by atoms with Gasteiger partial charge in [-0.25, -0.2) is 13.4 Å². The quantitative estimate of drug-likeness (QED) is 0.677. The van der Waals surface area contributed by atoms with Crippen LogP contribution in [0.5, 0.6) is 0 Å². The molecule has 0 unspecified atom stereocenters. The molecule has 8 heteroatoms. The Kier molecular flexibility index (Phi) is 5.27. The molecule has 2 fully saturated rings. The molecule has 2 aliphatic heterocycles. The normalized spacial score (nSPS) is 18.6. The predicted molar refractivity (Wildman–Crippen MR) is 119 cm³/mol. The zero-order chi connectivity index (χ0) is 21.4. The van der Waals surface area contributed by atoms with E-state index in [1.807, 2.05) is 35.2 Å². The van der Waals surface area contributed by atoms with Gasteiger partial charge in [0.2, 0.25) is 15.9 Å². The maximum absolute atomic E-state index is 13.2. The molecule has 1 N–H and O–H groups in total. The van der Waals surface area contributed by atoms with Gasteiger partial charge in [0.25, 0.3) is 0 Å². The third kappa shape index (κ3) is 3.85. The van der Waals surface area contributed by atoms with Crippen LogP contribution in [-0.2, 0) is 14.8 Å². The molecule has 2 aromatic carbocycles. The third-order valence-electron chi connectivity index (χ3n) is 6.36. The van der Waals surface area contributed by atoms with Crippen LogP contribution in [0.4, 0.5) is 0 Å². The van der Waals surface area contributed by atoms with Crippen molar-refractivity contribution in [1.82, 2.24) is 19.2 Å². The molecule has 0 spiro atoms. The molecule has 5 rings (SSSR count). The molecule has 3 heterocycles. The van der Waals surface area contributed by atoms with Crippen LogP contribution in [0, 0.1) is 5.92 Å². The van der Waals surface area contributed by atoms with Crippen molar-refractivity contribution >= 4 is 27.0 Å². The number of carbonyl (C=O) groups excluding carboxylic acids is 1. The highest BCUT2D eigenvalue weighted by Gasteiger charge is 2.34. The van der Waals surface area contributed by atoms with E-state index >= 15 is 0 Å². The highest BCUT2D eigenvalue weighted by molar-refractivity contribution is 7.89. The number of hydrogen-bond acceptors (Lipinski definition) is 4. The summed E-state index contributed by atoms with van der Waals surface area (Å²) >= 11 is 0. The topological polar surface area (TPSA) is 86.4 Å². The van der Waals surface area contributed by atoms with Gasteiger partial charge in [0.05, 0.1) is 15.9 Å². The first-order valence-electron chi connectivity index (χ1n) is 10.9. The zero-order valence-corrected chi connectivity index (χ0v) is 18.1. The number of imidazole rings is 1. The number of H-pyrrole nitrogens is 1. The highest BCUT2D eigenvalue weighted by atomic mass is 32.2. The maximum atomic E-state index is 13.2. The number of amides is 1. The molecule has 0 bridgehead atoms. The second-order valence-electron chi connectivity index (χ2n) is 8.34. The monoisotopic (exact) mass is 438 g/mol. The number of fused-ring (bicyclic) bond motifs is 1. The number of nitrogens with one attached hydrogen (secondary N) is 1. The number of benzene rings is 2. The second kappa shape index (κ2) is 8.09. The Bertz CT molecular complexity index is 1190. The lowest BCUT2D eigenvalue weighted by molar-refractivity contribution is -0.135. The summed E-state index contributed by atoms with van der Waals surface area (Å²) in [7, 11) is -3.62. The smallest absolute Gasteiger partial charge is 0.243 e. The van der Waals surface area contributed by atoms with Crippen molar-refractivity contribution in [2.24, 2.45) is 5.92 Å². The minimum atomic E-state index is -3.62. The lowest BCUT2D eigenvalue weighted by Crippen LogP contribution is -2.43. The summed E-state index contributed by atoms with van der Waals surface area (Å²) in [5.41, 5.74) is 2.37. The fraction of sp³-hybridized carbons (Fsp3) is 0.391. The lowest BCUT2D eigenvalue weighted by Gasteiger charge is -2.32. The van der Waals surface area contributed by atoms with E-state index in [9.17, 15) is 13.2 Å². The van der Waals surface area contributed by atoms with Gasteiger partial charge >= 0.3 is 0 Å². The summed E-state index contributed by atoms with van der Waals surface area (Å²) in [6, 6.07) is 14.8. The molecule has 2 aliphatic rings. The van der Waals surface area contributed by atoms with Crippen molar-refractivity contribution in [3.05, 3.63) is 48.5 Å². The number of aromatic amines is 1. The van der Waals surface area contributed by atoms with Crippen LogP contribution in [0.25, 0.3) is 22.4 Å². The van der Waals surface area contributed by atoms with Crippen LogP contribution in [0.2, 0.25) is 0 Å². The van der Waals surface area contributed by atoms with Gasteiger partial charge in [0.15, 0.2) is 0 Å². The minimum Gasteiger partial charge on any atom is -0.342 e.